The zero-order valence-electron chi connectivity index (χ0n) is 17.1. The Kier molecular flexibility index (Phi) is 6.50. The fraction of sp³-hybridized carbons (Fsp3) is 0.524. The first kappa shape index (κ1) is 21.4. The molecule has 0 spiro atoms. The zero-order chi connectivity index (χ0) is 21.1. The summed E-state index contributed by atoms with van der Waals surface area (Å²) in [6.45, 7) is 1.18. The number of hydrogen-bond donors (Lipinski definition) is 0. The van der Waals surface area contributed by atoms with E-state index in [4.69, 9.17) is 4.74 Å². The second kappa shape index (κ2) is 9.11. The maximum absolute atomic E-state index is 13.1. The first-order valence-corrected chi connectivity index (χ1v) is 13.0. The summed E-state index contributed by atoms with van der Waals surface area (Å²) in [7, 11) is -1.13. The highest BCUT2D eigenvalue weighted by Gasteiger charge is 2.36. The average molecular weight is 450 g/mol. The van der Waals surface area contributed by atoms with Gasteiger partial charge in [-0.3, -0.25) is 4.79 Å². The van der Waals surface area contributed by atoms with E-state index in [0.29, 0.717) is 19.6 Å². The monoisotopic (exact) mass is 449 g/mol. The van der Waals surface area contributed by atoms with Crippen molar-refractivity contribution in [2.45, 2.75) is 36.6 Å². The first-order chi connectivity index (χ1) is 14.4. The Hall–Kier alpha value is -1.84. The number of aromatic nitrogens is 2. The number of rotatable bonds is 7. The molecule has 2 saturated heterocycles. The fourth-order valence-electron chi connectivity index (χ4n) is 4.10. The third-order valence-electron chi connectivity index (χ3n) is 5.73. The number of ether oxygens (including phenoxy) is 1. The van der Waals surface area contributed by atoms with Crippen LogP contribution in [0.25, 0.3) is 11.3 Å². The summed E-state index contributed by atoms with van der Waals surface area (Å²) >= 11 is 1.39. The summed E-state index contributed by atoms with van der Waals surface area (Å²) in [6, 6.07) is 9.74. The molecule has 4 rings (SSSR count). The van der Waals surface area contributed by atoms with Crippen LogP contribution in [0.4, 0.5) is 0 Å². The van der Waals surface area contributed by atoms with Crippen molar-refractivity contribution in [2.24, 2.45) is 7.05 Å². The van der Waals surface area contributed by atoms with Gasteiger partial charge in [-0.2, -0.15) is 0 Å². The molecule has 2 aliphatic rings. The summed E-state index contributed by atoms with van der Waals surface area (Å²) in [5, 5.41) is 0.762. The number of sulfone groups is 1. The van der Waals surface area contributed by atoms with Crippen LogP contribution in [0.1, 0.15) is 19.3 Å². The van der Waals surface area contributed by atoms with Crippen LogP contribution in [0, 0.1) is 0 Å². The van der Waals surface area contributed by atoms with Gasteiger partial charge in [0, 0.05) is 26.2 Å². The van der Waals surface area contributed by atoms with E-state index in [1.54, 1.807) is 4.90 Å². The number of carbonyl (C=O) groups excluding carboxylic acids is 1. The van der Waals surface area contributed by atoms with Crippen molar-refractivity contribution in [1.82, 2.24) is 14.5 Å². The van der Waals surface area contributed by atoms with Crippen molar-refractivity contribution in [3.63, 3.8) is 0 Å². The molecule has 1 aromatic heterocycles. The molecule has 30 heavy (non-hydrogen) atoms. The normalized spacial score (nSPS) is 23.0. The summed E-state index contributed by atoms with van der Waals surface area (Å²) in [6.07, 6.45) is 4.22. The van der Waals surface area contributed by atoms with Gasteiger partial charge in [-0.25, -0.2) is 13.4 Å². The molecule has 0 radical (unpaired) electrons. The van der Waals surface area contributed by atoms with Crippen LogP contribution >= 0.6 is 11.8 Å². The van der Waals surface area contributed by atoms with Gasteiger partial charge >= 0.3 is 0 Å². The van der Waals surface area contributed by atoms with Crippen molar-refractivity contribution in [2.75, 3.05) is 30.4 Å². The van der Waals surface area contributed by atoms with Crippen molar-refractivity contribution in [1.29, 1.82) is 0 Å². The molecule has 0 N–H and O–H groups in total. The van der Waals surface area contributed by atoms with E-state index in [9.17, 15) is 13.2 Å². The molecular formula is C21H27N3O4S2. The molecule has 7 nitrogen and oxygen atoms in total. The van der Waals surface area contributed by atoms with Crippen molar-refractivity contribution >= 4 is 27.5 Å². The zero-order valence-corrected chi connectivity index (χ0v) is 18.7. The lowest BCUT2D eigenvalue weighted by Gasteiger charge is -2.30. The number of benzene rings is 1. The smallest absolute Gasteiger partial charge is 0.233 e. The Bertz CT molecular complexity index is 985. The minimum Gasteiger partial charge on any atom is -0.376 e. The van der Waals surface area contributed by atoms with Gasteiger partial charge < -0.3 is 14.2 Å². The highest BCUT2D eigenvalue weighted by atomic mass is 32.2. The van der Waals surface area contributed by atoms with Crippen LogP contribution in [0.5, 0.6) is 0 Å². The van der Waals surface area contributed by atoms with Crippen LogP contribution < -0.4 is 0 Å². The van der Waals surface area contributed by atoms with E-state index in [-0.39, 0.29) is 35.3 Å². The van der Waals surface area contributed by atoms with Gasteiger partial charge in [0.05, 0.1) is 35.3 Å². The molecule has 162 valence electrons. The Morgan fingerprint density at radius 2 is 2.10 bits per heavy atom. The van der Waals surface area contributed by atoms with E-state index in [1.165, 1.54) is 11.8 Å². The average Bonchev–Trinajstić information content (AvgIpc) is 3.45. The summed E-state index contributed by atoms with van der Waals surface area (Å²) in [5.41, 5.74) is 2.06. The minimum atomic E-state index is -3.07. The van der Waals surface area contributed by atoms with Crippen LogP contribution in [-0.2, 0) is 26.4 Å². The third-order valence-corrected chi connectivity index (χ3v) is 8.51. The molecule has 2 aromatic rings. The van der Waals surface area contributed by atoms with E-state index in [0.717, 1.165) is 29.3 Å². The molecule has 0 bridgehead atoms. The molecule has 0 aliphatic carbocycles. The largest absolute Gasteiger partial charge is 0.376 e. The van der Waals surface area contributed by atoms with Crippen molar-refractivity contribution in [3.05, 3.63) is 36.5 Å². The summed E-state index contributed by atoms with van der Waals surface area (Å²) in [5.74, 6) is 0.376. The molecule has 0 unspecified atom stereocenters. The molecule has 2 aliphatic heterocycles. The summed E-state index contributed by atoms with van der Waals surface area (Å²) in [4.78, 5) is 19.3. The molecule has 2 atom stereocenters. The van der Waals surface area contributed by atoms with E-state index in [2.05, 4.69) is 4.98 Å². The lowest BCUT2D eigenvalue weighted by molar-refractivity contribution is -0.131. The van der Waals surface area contributed by atoms with Crippen molar-refractivity contribution < 1.29 is 17.9 Å². The Morgan fingerprint density at radius 3 is 2.77 bits per heavy atom. The topological polar surface area (TPSA) is 81.5 Å². The maximum Gasteiger partial charge on any atom is 0.233 e. The first-order valence-electron chi connectivity index (χ1n) is 10.2. The van der Waals surface area contributed by atoms with E-state index >= 15 is 0 Å². The standard InChI is InChI=1S/C21H27N3O4S2/c1-23-19(16-6-3-2-4-7-16)12-22-21(23)29-14-20(25)24(13-18-8-5-10-28-18)17-9-11-30(26,27)15-17/h2-4,6-7,12,17-18H,5,8-11,13-15H2,1H3/t17-,18+/m1/s1. The third kappa shape index (κ3) is 4.90. The fourth-order valence-corrected chi connectivity index (χ4v) is 6.66. The van der Waals surface area contributed by atoms with Crippen LogP contribution in [0.2, 0.25) is 0 Å². The number of amides is 1. The maximum atomic E-state index is 13.1. The van der Waals surface area contributed by atoms with Crippen LogP contribution in [-0.4, -0.2) is 71.3 Å². The Morgan fingerprint density at radius 1 is 1.30 bits per heavy atom. The number of hydrogen-bond acceptors (Lipinski definition) is 6. The van der Waals surface area contributed by atoms with Gasteiger partial charge in [0.2, 0.25) is 5.91 Å². The SMILES string of the molecule is Cn1c(-c2ccccc2)cnc1SCC(=O)N(C[C@@H]1CCCO1)[C@@H]1CCS(=O)(=O)C1. The molecule has 2 fully saturated rings. The Balaban J connectivity index is 1.44. The summed E-state index contributed by atoms with van der Waals surface area (Å²) < 4.78 is 31.7. The van der Waals surface area contributed by atoms with E-state index < -0.39 is 9.84 Å². The number of carbonyl (C=O) groups is 1. The molecular weight excluding hydrogens is 422 g/mol. The highest BCUT2D eigenvalue weighted by Crippen LogP contribution is 2.26. The molecule has 9 heteroatoms. The lowest BCUT2D eigenvalue weighted by atomic mass is 10.1. The van der Waals surface area contributed by atoms with E-state index in [1.807, 2.05) is 48.1 Å². The predicted octanol–water partition coefficient (Wildman–Crippen LogP) is 2.37. The Labute approximate surface area is 181 Å². The molecule has 1 amide bonds. The number of imidazole rings is 1. The molecule has 0 saturated carbocycles. The number of nitrogens with zero attached hydrogens (tertiary/aromatic N) is 3. The van der Waals surface area contributed by atoms with Crippen molar-refractivity contribution in [3.8, 4) is 11.3 Å². The number of thioether (sulfide) groups is 1. The molecule has 1 aromatic carbocycles. The van der Waals surface area contributed by atoms with Gasteiger partial charge in [-0.05, 0) is 24.8 Å². The second-order valence-electron chi connectivity index (χ2n) is 7.88. The quantitative estimate of drug-likeness (QED) is 0.604. The molecule has 3 heterocycles. The van der Waals surface area contributed by atoms with Gasteiger partial charge in [-0.1, -0.05) is 42.1 Å². The van der Waals surface area contributed by atoms with Gasteiger partial charge in [0.25, 0.3) is 0 Å². The van der Waals surface area contributed by atoms with Crippen LogP contribution in [0.3, 0.4) is 0 Å². The highest BCUT2D eigenvalue weighted by molar-refractivity contribution is 7.99. The predicted molar refractivity (Wildman–Crippen MR) is 117 cm³/mol. The van der Waals surface area contributed by atoms with Gasteiger partial charge in [-0.15, -0.1) is 0 Å². The minimum absolute atomic E-state index is 0.0000914. The second-order valence-corrected chi connectivity index (χ2v) is 11.0. The lowest BCUT2D eigenvalue weighted by Crippen LogP contribution is -2.46. The van der Waals surface area contributed by atoms with Gasteiger partial charge in [0.1, 0.15) is 0 Å². The van der Waals surface area contributed by atoms with Gasteiger partial charge in [0.15, 0.2) is 15.0 Å². The van der Waals surface area contributed by atoms with Crippen LogP contribution in [0.15, 0.2) is 41.7 Å².